The van der Waals surface area contributed by atoms with E-state index < -0.39 is 0 Å². The molecule has 2 heterocycles. The molecular formula is C17H26O5. The Morgan fingerprint density at radius 1 is 1.27 bits per heavy atom. The van der Waals surface area contributed by atoms with Crippen molar-refractivity contribution in [3.63, 3.8) is 0 Å². The van der Waals surface area contributed by atoms with Crippen LogP contribution >= 0.6 is 0 Å². The van der Waals surface area contributed by atoms with Gasteiger partial charge in [-0.1, -0.05) is 20.4 Å². The Morgan fingerprint density at radius 3 is 2.64 bits per heavy atom. The topological polar surface area (TPSA) is 54.0 Å². The first-order chi connectivity index (χ1) is 10.4. The molecule has 1 aliphatic carbocycles. The van der Waals surface area contributed by atoms with E-state index in [0.717, 1.165) is 19.3 Å². The zero-order chi connectivity index (χ0) is 16.1. The fraction of sp³-hybridized carbons (Fsp3) is 0.824. The third-order valence-electron chi connectivity index (χ3n) is 5.95. The number of fused-ring (bicyclic) bond motifs is 2. The van der Waals surface area contributed by atoms with Crippen molar-refractivity contribution in [3.8, 4) is 0 Å². The highest BCUT2D eigenvalue weighted by atomic mass is 16.8. The number of hydrogen-bond acceptors (Lipinski definition) is 5. The van der Waals surface area contributed by atoms with Gasteiger partial charge in [0.25, 0.3) is 0 Å². The van der Waals surface area contributed by atoms with Gasteiger partial charge in [0.05, 0.1) is 0 Å². The van der Waals surface area contributed by atoms with Crippen LogP contribution in [0.1, 0.15) is 33.1 Å². The summed E-state index contributed by atoms with van der Waals surface area (Å²) >= 11 is 0. The van der Waals surface area contributed by atoms with E-state index in [1.54, 1.807) is 14.2 Å². The van der Waals surface area contributed by atoms with Crippen LogP contribution in [0.25, 0.3) is 0 Å². The summed E-state index contributed by atoms with van der Waals surface area (Å²) in [6, 6.07) is 0. The minimum atomic E-state index is -0.346. The Hall–Kier alpha value is -0.910. The van der Waals surface area contributed by atoms with Gasteiger partial charge in [0.2, 0.25) is 0 Å². The molecule has 1 saturated carbocycles. The van der Waals surface area contributed by atoms with Crippen molar-refractivity contribution in [1.82, 2.24) is 0 Å². The predicted octanol–water partition coefficient (Wildman–Crippen LogP) is 2.50. The molecule has 0 amide bonds. The van der Waals surface area contributed by atoms with Gasteiger partial charge in [-0.15, -0.1) is 0 Å². The molecule has 0 N–H and O–H groups in total. The summed E-state index contributed by atoms with van der Waals surface area (Å²) in [5.41, 5.74) is 0.419. The monoisotopic (exact) mass is 310 g/mol. The molecule has 3 aliphatic rings. The van der Waals surface area contributed by atoms with Gasteiger partial charge < -0.3 is 18.9 Å². The predicted molar refractivity (Wildman–Crippen MR) is 79.8 cm³/mol. The van der Waals surface area contributed by atoms with Gasteiger partial charge in [0.1, 0.15) is 6.10 Å². The van der Waals surface area contributed by atoms with Gasteiger partial charge in [-0.2, -0.15) is 0 Å². The Bertz CT molecular complexity index is 476. The van der Waals surface area contributed by atoms with Crippen molar-refractivity contribution >= 4 is 5.97 Å². The molecule has 0 radical (unpaired) electrons. The van der Waals surface area contributed by atoms with E-state index >= 15 is 0 Å². The maximum absolute atomic E-state index is 11.9. The second-order valence-corrected chi connectivity index (χ2v) is 7.21. The van der Waals surface area contributed by atoms with Gasteiger partial charge in [-0.3, -0.25) is 0 Å². The van der Waals surface area contributed by atoms with Crippen LogP contribution in [0.15, 0.2) is 12.2 Å². The van der Waals surface area contributed by atoms with E-state index in [9.17, 15) is 4.79 Å². The molecule has 0 aromatic heterocycles. The zero-order valence-corrected chi connectivity index (χ0v) is 13.8. The van der Waals surface area contributed by atoms with Crippen molar-refractivity contribution < 1.29 is 23.7 Å². The molecule has 3 fully saturated rings. The molecule has 5 nitrogen and oxygen atoms in total. The normalized spacial score (nSPS) is 48.4. The Kier molecular flexibility index (Phi) is 4.08. The molecule has 2 aliphatic heterocycles. The summed E-state index contributed by atoms with van der Waals surface area (Å²) in [6.07, 6.45) is 1.86. The standard InChI is InChI=1S/C17H26O5/c1-9-6-13-11(10(2)15(18)21-13)8-17(3)12(9)7-14(19-4)22-16(17)20-5/h9,11-14,16H,2,6-8H2,1,3-5H3/t9-,11-,12+,13?,14-,16-,17+/m1/s1. The number of methoxy groups -OCH3 is 2. The highest BCUT2D eigenvalue weighted by Crippen LogP contribution is 2.55. The van der Waals surface area contributed by atoms with Crippen LogP contribution < -0.4 is 0 Å². The van der Waals surface area contributed by atoms with Crippen molar-refractivity contribution in [2.75, 3.05) is 14.2 Å². The number of carbonyl (C=O) groups excluding carboxylic acids is 1. The maximum Gasteiger partial charge on any atom is 0.334 e. The third kappa shape index (κ3) is 2.30. The molecule has 1 unspecified atom stereocenters. The largest absolute Gasteiger partial charge is 0.458 e. The Balaban J connectivity index is 1.95. The number of esters is 1. The number of ether oxygens (including phenoxy) is 4. The average Bonchev–Trinajstić information content (AvgIpc) is 2.68. The Morgan fingerprint density at radius 2 is 2.00 bits per heavy atom. The summed E-state index contributed by atoms with van der Waals surface area (Å²) in [4.78, 5) is 11.9. The van der Waals surface area contributed by atoms with Crippen LogP contribution in [0.3, 0.4) is 0 Å². The number of rotatable bonds is 2. The smallest absolute Gasteiger partial charge is 0.334 e. The van der Waals surface area contributed by atoms with Crippen molar-refractivity contribution in [2.24, 2.45) is 23.2 Å². The van der Waals surface area contributed by atoms with E-state index in [1.807, 2.05) is 0 Å². The van der Waals surface area contributed by atoms with E-state index in [2.05, 4.69) is 20.4 Å². The minimum Gasteiger partial charge on any atom is -0.458 e. The lowest BCUT2D eigenvalue weighted by Crippen LogP contribution is -2.52. The van der Waals surface area contributed by atoms with Gasteiger partial charge in [-0.25, -0.2) is 4.79 Å². The van der Waals surface area contributed by atoms with Gasteiger partial charge >= 0.3 is 5.97 Å². The van der Waals surface area contributed by atoms with Crippen LogP contribution in [-0.2, 0) is 23.7 Å². The molecule has 22 heavy (non-hydrogen) atoms. The van der Waals surface area contributed by atoms with E-state index in [-0.39, 0.29) is 36.0 Å². The summed E-state index contributed by atoms with van der Waals surface area (Å²) in [5, 5.41) is 0. The van der Waals surface area contributed by atoms with E-state index in [4.69, 9.17) is 18.9 Å². The number of carbonyl (C=O) groups is 1. The molecule has 0 spiro atoms. The van der Waals surface area contributed by atoms with Crippen molar-refractivity contribution in [2.45, 2.75) is 51.8 Å². The molecule has 0 bridgehead atoms. The van der Waals surface area contributed by atoms with Gasteiger partial charge in [0, 0.05) is 37.5 Å². The summed E-state index contributed by atoms with van der Waals surface area (Å²) in [6.45, 7) is 8.38. The van der Waals surface area contributed by atoms with Crippen LogP contribution in [-0.4, -0.2) is 38.9 Å². The lowest BCUT2D eigenvalue weighted by molar-refractivity contribution is -0.318. The SMILES string of the molecule is C=C1C(=O)OC2C[C@@H](C)[C@@H]3C[C@H](OC)O[C@@H](OC)[C@@]3(C)C[C@H]12. The van der Waals surface area contributed by atoms with Crippen molar-refractivity contribution in [3.05, 3.63) is 12.2 Å². The molecule has 0 aromatic carbocycles. The second kappa shape index (κ2) is 5.62. The lowest BCUT2D eigenvalue weighted by atomic mass is 9.65. The van der Waals surface area contributed by atoms with Crippen molar-refractivity contribution in [1.29, 1.82) is 0 Å². The summed E-state index contributed by atoms with van der Waals surface area (Å²) in [5.74, 6) is 0.612. The lowest BCUT2D eigenvalue weighted by Gasteiger charge is -2.50. The molecule has 0 aromatic rings. The van der Waals surface area contributed by atoms with Gasteiger partial charge in [-0.05, 0) is 24.7 Å². The summed E-state index contributed by atoms with van der Waals surface area (Å²) < 4.78 is 22.6. The van der Waals surface area contributed by atoms with Crippen LogP contribution in [0.4, 0.5) is 0 Å². The van der Waals surface area contributed by atoms with E-state index in [0.29, 0.717) is 17.4 Å². The van der Waals surface area contributed by atoms with Crippen LogP contribution in [0, 0.1) is 23.2 Å². The molecule has 2 saturated heterocycles. The van der Waals surface area contributed by atoms with Gasteiger partial charge in [0.15, 0.2) is 12.6 Å². The molecule has 124 valence electrons. The maximum atomic E-state index is 11.9. The third-order valence-corrected chi connectivity index (χ3v) is 5.95. The number of hydrogen-bond donors (Lipinski definition) is 0. The Labute approximate surface area is 131 Å². The quantitative estimate of drug-likeness (QED) is 0.579. The fourth-order valence-corrected chi connectivity index (χ4v) is 4.75. The zero-order valence-electron chi connectivity index (χ0n) is 13.8. The minimum absolute atomic E-state index is 0.0593. The van der Waals surface area contributed by atoms with Crippen LogP contribution in [0.2, 0.25) is 0 Å². The molecule has 5 heteroatoms. The highest BCUT2D eigenvalue weighted by molar-refractivity contribution is 5.90. The first-order valence-corrected chi connectivity index (χ1v) is 8.01. The first-order valence-electron chi connectivity index (χ1n) is 8.01. The van der Waals surface area contributed by atoms with E-state index in [1.165, 1.54) is 0 Å². The first kappa shape index (κ1) is 16.0. The van der Waals surface area contributed by atoms with Crippen LogP contribution in [0.5, 0.6) is 0 Å². The summed E-state index contributed by atoms with van der Waals surface area (Å²) in [7, 11) is 3.34. The second-order valence-electron chi connectivity index (χ2n) is 7.21. The highest BCUT2D eigenvalue weighted by Gasteiger charge is 2.57. The molecule has 3 rings (SSSR count). The molecule has 7 atom stereocenters. The molecular weight excluding hydrogens is 284 g/mol. The average molecular weight is 310 g/mol. The fourth-order valence-electron chi connectivity index (χ4n) is 4.75.